The zero-order chi connectivity index (χ0) is 18.1. The summed E-state index contributed by atoms with van der Waals surface area (Å²) in [6, 6.07) is 3.92. The minimum absolute atomic E-state index is 0. The van der Waals surface area contributed by atoms with Crippen LogP contribution in [0, 0.1) is 5.92 Å². The first-order chi connectivity index (χ1) is 12.0. The van der Waals surface area contributed by atoms with Crippen LogP contribution in [-0.2, 0) is 5.60 Å². The van der Waals surface area contributed by atoms with Crippen LogP contribution < -0.4 is 10.6 Å². The number of halogens is 1. The highest BCUT2D eigenvalue weighted by Gasteiger charge is 2.24. The number of guanidine groups is 1. The quantitative estimate of drug-likeness (QED) is 0.225. The first-order valence-electron chi connectivity index (χ1n) is 9.52. The van der Waals surface area contributed by atoms with E-state index in [1.165, 1.54) is 25.9 Å². The van der Waals surface area contributed by atoms with E-state index >= 15 is 0 Å². The second kappa shape index (κ2) is 12.2. The number of likely N-dealkylation sites (tertiary alicyclic amines) is 1. The van der Waals surface area contributed by atoms with Crippen LogP contribution in [0.25, 0.3) is 0 Å². The van der Waals surface area contributed by atoms with Crippen LogP contribution in [0.1, 0.15) is 44.9 Å². The third kappa shape index (κ3) is 8.10. The van der Waals surface area contributed by atoms with E-state index in [0.29, 0.717) is 6.54 Å². The zero-order valence-electron chi connectivity index (χ0n) is 16.3. The van der Waals surface area contributed by atoms with Crippen molar-refractivity contribution in [1.82, 2.24) is 15.5 Å². The van der Waals surface area contributed by atoms with Gasteiger partial charge in [0.05, 0.1) is 6.54 Å². The van der Waals surface area contributed by atoms with E-state index in [0.717, 1.165) is 42.8 Å². The Morgan fingerprint density at radius 3 is 2.73 bits per heavy atom. The topological polar surface area (TPSA) is 59.9 Å². The number of nitrogens with zero attached hydrogens (tertiary/aromatic N) is 2. The average molecular weight is 494 g/mol. The number of piperidine rings is 1. The fourth-order valence-corrected chi connectivity index (χ4v) is 3.81. The monoisotopic (exact) mass is 494 g/mol. The highest BCUT2D eigenvalue weighted by Crippen LogP contribution is 2.25. The summed E-state index contributed by atoms with van der Waals surface area (Å²) in [5.41, 5.74) is -0.916. The summed E-state index contributed by atoms with van der Waals surface area (Å²) in [6.45, 7) is 11.9. The summed E-state index contributed by atoms with van der Waals surface area (Å²) >= 11 is 1.57. The number of aliphatic imine (C=N–C) groups is 1. The molecule has 0 radical (unpaired) electrons. The summed E-state index contributed by atoms with van der Waals surface area (Å²) in [6.07, 6.45) is 3.77. The summed E-state index contributed by atoms with van der Waals surface area (Å²) in [7, 11) is 0. The third-order valence-electron chi connectivity index (χ3n) is 4.76. The molecule has 150 valence electrons. The molecule has 1 aromatic rings. The number of hydrogen-bond donors (Lipinski definition) is 3. The number of thiophene rings is 1. The van der Waals surface area contributed by atoms with Crippen molar-refractivity contribution in [3.05, 3.63) is 22.4 Å². The van der Waals surface area contributed by atoms with Gasteiger partial charge in [0.1, 0.15) is 5.60 Å². The van der Waals surface area contributed by atoms with Crippen LogP contribution in [0.15, 0.2) is 22.5 Å². The van der Waals surface area contributed by atoms with Gasteiger partial charge in [-0.3, -0.25) is 0 Å². The van der Waals surface area contributed by atoms with E-state index in [1.807, 2.05) is 24.4 Å². The average Bonchev–Trinajstić information content (AvgIpc) is 3.13. The normalized spacial score (nSPS) is 18.8. The van der Waals surface area contributed by atoms with Gasteiger partial charge in [0.2, 0.25) is 0 Å². The molecule has 2 rings (SSSR count). The van der Waals surface area contributed by atoms with Crippen molar-refractivity contribution in [2.75, 3.05) is 39.3 Å². The van der Waals surface area contributed by atoms with Crippen molar-refractivity contribution in [3.63, 3.8) is 0 Å². The van der Waals surface area contributed by atoms with Crippen molar-refractivity contribution in [2.45, 2.75) is 45.6 Å². The van der Waals surface area contributed by atoms with Crippen molar-refractivity contribution >= 4 is 41.3 Å². The highest BCUT2D eigenvalue weighted by molar-refractivity contribution is 14.0. The Bertz CT molecular complexity index is 514. The van der Waals surface area contributed by atoms with Crippen molar-refractivity contribution in [3.8, 4) is 0 Å². The van der Waals surface area contributed by atoms with Crippen molar-refractivity contribution in [1.29, 1.82) is 0 Å². The minimum Gasteiger partial charge on any atom is -0.383 e. The van der Waals surface area contributed by atoms with Crippen LogP contribution in [0.3, 0.4) is 0 Å². The van der Waals surface area contributed by atoms with E-state index in [-0.39, 0.29) is 24.0 Å². The van der Waals surface area contributed by atoms with Crippen LogP contribution >= 0.6 is 35.3 Å². The molecule has 0 amide bonds. The van der Waals surface area contributed by atoms with E-state index < -0.39 is 5.60 Å². The molecule has 0 bridgehead atoms. The molecule has 5 nitrogen and oxygen atoms in total. The lowest BCUT2D eigenvalue weighted by Crippen LogP contribution is -2.40. The molecule has 1 atom stereocenters. The molecule has 1 unspecified atom stereocenters. The van der Waals surface area contributed by atoms with E-state index in [9.17, 15) is 5.11 Å². The number of nitrogens with one attached hydrogen (secondary N) is 2. The van der Waals surface area contributed by atoms with Gasteiger partial charge in [-0.05, 0) is 70.1 Å². The number of hydrogen-bond acceptors (Lipinski definition) is 4. The van der Waals surface area contributed by atoms with Gasteiger partial charge in [-0.15, -0.1) is 35.3 Å². The predicted octanol–water partition coefficient (Wildman–Crippen LogP) is 3.25. The maximum atomic E-state index is 10.6. The van der Waals surface area contributed by atoms with Gasteiger partial charge in [-0.1, -0.05) is 13.0 Å². The first-order valence-corrected chi connectivity index (χ1v) is 10.4. The van der Waals surface area contributed by atoms with Gasteiger partial charge in [-0.25, -0.2) is 4.99 Å². The van der Waals surface area contributed by atoms with Gasteiger partial charge >= 0.3 is 0 Å². The number of rotatable bonds is 8. The molecule has 0 aromatic carbocycles. The van der Waals surface area contributed by atoms with Gasteiger partial charge in [0.25, 0.3) is 0 Å². The van der Waals surface area contributed by atoms with E-state index in [2.05, 4.69) is 34.4 Å². The van der Waals surface area contributed by atoms with E-state index in [4.69, 9.17) is 0 Å². The summed E-state index contributed by atoms with van der Waals surface area (Å²) < 4.78 is 0. The first kappa shape index (κ1) is 23.7. The van der Waals surface area contributed by atoms with Crippen LogP contribution in [0.2, 0.25) is 0 Å². The second-order valence-corrected chi connectivity index (χ2v) is 8.20. The molecule has 0 spiro atoms. The fraction of sp³-hybridized carbons (Fsp3) is 0.737. The van der Waals surface area contributed by atoms with Gasteiger partial charge in [0.15, 0.2) is 5.96 Å². The largest absolute Gasteiger partial charge is 0.383 e. The highest BCUT2D eigenvalue weighted by atomic mass is 127. The summed E-state index contributed by atoms with van der Waals surface area (Å²) in [4.78, 5) is 8.09. The molecule has 26 heavy (non-hydrogen) atoms. The molecule has 0 aliphatic carbocycles. The SMILES string of the molecule is CCNC(=NCC(C)(O)c1cccs1)NCCCN1CCC(C)CC1.I. The second-order valence-electron chi connectivity index (χ2n) is 7.25. The summed E-state index contributed by atoms with van der Waals surface area (Å²) in [5.74, 6) is 1.67. The lowest BCUT2D eigenvalue weighted by Gasteiger charge is -2.30. The lowest BCUT2D eigenvalue weighted by molar-refractivity contribution is 0.0711. The third-order valence-corrected chi connectivity index (χ3v) is 5.88. The Morgan fingerprint density at radius 2 is 2.12 bits per heavy atom. The molecule has 3 N–H and O–H groups in total. The van der Waals surface area contributed by atoms with E-state index in [1.54, 1.807) is 11.3 Å². The Labute approximate surface area is 179 Å². The lowest BCUT2D eigenvalue weighted by atomic mass is 9.99. The standard InChI is InChI=1S/C19H34N4OS.HI/c1-4-20-18(22-15-19(3,24)17-7-5-14-25-17)21-10-6-11-23-12-8-16(2)9-13-23;/h5,7,14,16,24H,4,6,8-13,15H2,1-3H3,(H2,20,21,22);1H. The van der Waals surface area contributed by atoms with Gasteiger partial charge in [0, 0.05) is 18.0 Å². The fourth-order valence-electron chi connectivity index (χ4n) is 3.03. The van der Waals surface area contributed by atoms with Gasteiger partial charge in [-0.2, -0.15) is 0 Å². The summed E-state index contributed by atoms with van der Waals surface area (Å²) in [5, 5.41) is 19.2. The minimum atomic E-state index is -0.916. The Balaban J connectivity index is 0.00000338. The van der Waals surface area contributed by atoms with Crippen LogP contribution in [0.5, 0.6) is 0 Å². The molecule has 1 fully saturated rings. The Morgan fingerprint density at radius 1 is 1.38 bits per heavy atom. The van der Waals surface area contributed by atoms with Crippen LogP contribution in [0.4, 0.5) is 0 Å². The number of aliphatic hydroxyl groups is 1. The molecule has 0 saturated carbocycles. The van der Waals surface area contributed by atoms with Crippen molar-refractivity contribution in [2.24, 2.45) is 10.9 Å². The predicted molar refractivity (Wildman–Crippen MR) is 123 cm³/mol. The van der Waals surface area contributed by atoms with Crippen molar-refractivity contribution < 1.29 is 5.11 Å². The molecule has 1 saturated heterocycles. The molecule has 1 aromatic heterocycles. The molecule has 1 aliphatic heterocycles. The molecule has 1 aliphatic rings. The molecular formula is C19H35IN4OS. The maximum absolute atomic E-state index is 10.6. The molecule has 7 heteroatoms. The zero-order valence-corrected chi connectivity index (χ0v) is 19.5. The maximum Gasteiger partial charge on any atom is 0.191 e. The van der Waals surface area contributed by atoms with Crippen LogP contribution in [-0.4, -0.2) is 55.2 Å². The smallest absolute Gasteiger partial charge is 0.191 e. The Hall–Kier alpha value is -0.380. The Kier molecular flexibility index (Phi) is 11.1. The molecule has 2 heterocycles. The van der Waals surface area contributed by atoms with Gasteiger partial charge < -0.3 is 20.6 Å². The molecular weight excluding hydrogens is 459 g/mol.